The number of alkyl halides is 1. The zero-order valence-corrected chi connectivity index (χ0v) is 8.21. The lowest BCUT2D eigenvalue weighted by Crippen LogP contribution is -2.05. The summed E-state index contributed by atoms with van der Waals surface area (Å²) in [7, 11) is 0. The van der Waals surface area contributed by atoms with E-state index < -0.39 is 0 Å². The Labute approximate surface area is 82.3 Å². The van der Waals surface area contributed by atoms with Gasteiger partial charge in [0.25, 0.3) is 0 Å². The van der Waals surface area contributed by atoms with Gasteiger partial charge >= 0.3 is 0 Å². The monoisotopic (exact) mass is 201 g/mol. The average Bonchev–Trinajstić information content (AvgIpc) is 2.16. The lowest BCUT2D eigenvalue weighted by atomic mass is 10.6. The minimum atomic E-state index is 0.530. The smallest absolute Gasteiger partial charge is 0.234 e. The number of ether oxygens (including phenoxy) is 1. The normalized spacial score (nSPS) is 9.69. The summed E-state index contributed by atoms with van der Waals surface area (Å²) in [5.74, 6) is 1.76. The van der Waals surface area contributed by atoms with Crippen LogP contribution >= 0.6 is 11.6 Å². The molecule has 1 N–H and O–H groups in total. The van der Waals surface area contributed by atoms with Crippen LogP contribution in [0.1, 0.15) is 6.92 Å². The maximum atomic E-state index is 5.51. The summed E-state index contributed by atoms with van der Waals surface area (Å²) in [6.07, 6.45) is 3.21. The van der Waals surface area contributed by atoms with E-state index in [0.29, 0.717) is 30.7 Å². The van der Waals surface area contributed by atoms with Crippen molar-refractivity contribution in [1.29, 1.82) is 0 Å². The number of halogens is 1. The maximum absolute atomic E-state index is 5.51. The maximum Gasteiger partial charge on any atom is 0.234 e. The molecule has 0 unspecified atom stereocenters. The Morgan fingerprint density at radius 1 is 1.54 bits per heavy atom. The number of nitrogens with zero attached hydrogens (tertiary/aromatic N) is 2. The zero-order chi connectivity index (χ0) is 9.52. The average molecular weight is 202 g/mol. The Morgan fingerprint density at radius 3 is 3.08 bits per heavy atom. The van der Waals surface area contributed by atoms with Crippen LogP contribution in [0.3, 0.4) is 0 Å². The van der Waals surface area contributed by atoms with Crippen LogP contribution in [0.2, 0.25) is 0 Å². The lowest BCUT2D eigenvalue weighted by molar-refractivity contribution is 0.326. The Bertz CT molecular complexity index is 257. The second kappa shape index (κ2) is 5.59. The molecule has 5 heteroatoms. The zero-order valence-electron chi connectivity index (χ0n) is 7.46. The molecule has 0 fully saturated rings. The highest BCUT2D eigenvalue weighted by molar-refractivity contribution is 6.18. The van der Waals surface area contributed by atoms with Gasteiger partial charge in [0, 0.05) is 12.4 Å². The number of aromatic nitrogens is 2. The fourth-order valence-electron chi connectivity index (χ4n) is 0.826. The summed E-state index contributed by atoms with van der Waals surface area (Å²) in [6, 6.07) is 0. The van der Waals surface area contributed by atoms with Crippen molar-refractivity contribution in [2.24, 2.45) is 0 Å². The van der Waals surface area contributed by atoms with Crippen LogP contribution in [-0.4, -0.2) is 29.0 Å². The van der Waals surface area contributed by atoms with Gasteiger partial charge in [0.1, 0.15) is 5.82 Å². The quantitative estimate of drug-likeness (QED) is 0.734. The predicted octanol–water partition coefficient (Wildman–Crippen LogP) is 1.53. The second-order valence-corrected chi connectivity index (χ2v) is 2.67. The molecule has 0 saturated carbocycles. The van der Waals surface area contributed by atoms with Gasteiger partial charge in [-0.25, -0.2) is 0 Å². The topological polar surface area (TPSA) is 47.0 Å². The Morgan fingerprint density at radius 2 is 2.38 bits per heavy atom. The minimum Gasteiger partial charge on any atom is -0.477 e. The molecular formula is C8H12ClN3O. The van der Waals surface area contributed by atoms with Crippen LogP contribution < -0.4 is 10.1 Å². The number of hydrogen-bond donors (Lipinski definition) is 1. The van der Waals surface area contributed by atoms with Gasteiger partial charge in [0.2, 0.25) is 5.88 Å². The second-order valence-electron chi connectivity index (χ2n) is 2.29. The molecule has 0 saturated heterocycles. The molecule has 0 aromatic carbocycles. The SMILES string of the molecule is CCOc1cncc(NCCCl)n1. The largest absolute Gasteiger partial charge is 0.477 e. The highest BCUT2D eigenvalue weighted by Gasteiger charge is 1.97. The van der Waals surface area contributed by atoms with Crippen LogP contribution in [0.15, 0.2) is 12.4 Å². The van der Waals surface area contributed by atoms with Crippen molar-refractivity contribution in [2.75, 3.05) is 24.3 Å². The molecule has 72 valence electrons. The summed E-state index contributed by atoms with van der Waals surface area (Å²) in [4.78, 5) is 8.11. The molecule has 13 heavy (non-hydrogen) atoms. The van der Waals surface area contributed by atoms with Crippen molar-refractivity contribution in [3.8, 4) is 5.88 Å². The van der Waals surface area contributed by atoms with E-state index >= 15 is 0 Å². The molecule has 1 rings (SSSR count). The third kappa shape index (κ3) is 3.46. The van der Waals surface area contributed by atoms with Crippen LogP contribution in [0.25, 0.3) is 0 Å². The summed E-state index contributed by atoms with van der Waals surface area (Å²) >= 11 is 5.51. The van der Waals surface area contributed by atoms with Crippen LogP contribution in [0.5, 0.6) is 5.88 Å². The minimum absolute atomic E-state index is 0.530. The van der Waals surface area contributed by atoms with E-state index in [1.165, 1.54) is 0 Å². The fourth-order valence-corrected chi connectivity index (χ4v) is 0.920. The summed E-state index contributed by atoms with van der Waals surface area (Å²) in [6.45, 7) is 3.17. The predicted molar refractivity (Wildman–Crippen MR) is 52.4 cm³/mol. The van der Waals surface area contributed by atoms with Gasteiger partial charge in [-0.3, -0.25) is 4.98 Å². The van der Waals surface area contributed by atoms with E-state index in [-0.39, 0.29) is 0 Å². The third-order valence-corrected chi connectivity index (χ3v) is 1.49. The Balaban J connectivity index is 2.56. The molecule has 4 nitrogen and oxygen atoms in total. The first kappa shape index (κ1) is 10.1. The van der Waals surface area contributed by atoms with Crippen molar-refractivity contribution in [1.82, 2.24) is 9.97 Å². The summed E-state index contributed by atoms with van der Waals surface area (Å²) in [5.41, 5.74) is 0. The summed E-state index contributed by atoms with van der Waals surface area (Å²) < 4.78 is 5.18. The molecule has 0 radical (unpaired) electrons. The lowest BCUT2D eigenvalue weighted by Gasteiger charge is -2.04. The van der Waals surface area contributed by atoms with Gasteiger partial charge < -0.3 is 10.1 Å². The molecule has 0 bridgehead atoms. The van der Waals surface area contributed by atoms with Crippen molar-refractivity contribution in [3.05, 3.63) is 12.4 Å². The third-order valence-electron chi connectivity index (χ3n) is 1.31. The fraction of sp³-hybridized carbons (Fsp3) is 0.500. The van der Waals surface area contributed by atoms with Gasteiger partial charge in [-0.1, -0.05) is 0 Å². The number of anilines is 1. The van der Waals surface area contributed by atoms with E-state index in [9.17, 15) is 0 Å². The van der Waals surface area contributed by atoms with Crippen molar-refractivity contribution >= 4 is 17.4 Å². The Hall–Kier alpha value is -1.03. The molecule has 0 aliphatic rings. The van der Waals surface area contributed by atoms with Gasteiger partial charge in [0.05, 0.1) is 19.0 Å². The molecule has 0 atom stereocenters. The molecule has 0 aliphatic carbocycles. The molecular weight excluding hydrogens is 190 g/mol. The van der Waals surface area contributed by atoms with Gasteiger partial charge in [-0.15, -0.1) is 11.6 Å². The van der Waals surface area contributed by atoms with Gasteiger partial charge in [-0.05, 0) is 6.92 Å². The molecule has 0 spiro atoms. The Kier molecular flexibility index (Phi) is 4.32. The standard InChI is InChI=1S/C8H12ClN3O/c1-2-13-8-6-10-5-7(12-8)11-4-3-9/h5-6H,2-4H2,1H3,(H,11,12). The molecule has 0 amide bonds. The van der Waals surface area contributed by atoms with Gasteiger partial charge in [0.15, 0.2) is 0 Å². The van der Waals surface area contributed by atoms with Crippen molar-refractivity contribution in [3.63, 3.8) is 0 Å². The molecule has 0 aliphatic heterocycles. The molecule has 1 aromatic rings. The van der Waals surface area contributed by atoms with Crippen molar-refractivity contribution in [2.45, 2.75) is 6.92 Å². The molecule has 1 aromatic heterocycles. The van der Waals surface area contributed by atoms with Crippen LogP contribution in [0, 0.1) is 0 Å². The number of hydrogen-bond acceptors (Lipinski definition) is 4. The highest BCUT2D eigenvalue weighted by Crippen LogP contribution is 2.08. The van der Waals surface area contributed by atoms with E-state index in [0.717, 1.165) is 0 Å². The van der Waals surface area contributed by atoms with Gasteiger partial charge in [-0.2, -0.15) is 4.98 Å². The van der Waals surface area contributed by atoms with Crippen molar-refractivity contribution < 1.29 is 4.74 Å². The van der Waals surface area contributed by atoms with Crippen LogP contribution in [-0.2, 0) is 0 Å². The van der Waals surface area contributed by atoms with E-state index in [2.05, 4.69) is 15.3 Å². The van der Waals surface area contributed by atoms with E-state index in [1.807, 2.05) is 6.92 Å². The molecule has 1 heterocycles. The summed E-state index contributed by atoms with van der Waals surface area (Å²) in [5, 5.41) is 3.01. The number of rotatable bonds is 5. The first-order chi connectivity index (χ1) is 6.36. The van der Waals surface area contributed by atoms with E-state index in [1.54, 1.807) is 12.4 Å². The van der Waals surface area contributed by atoms with E-state index in [4.69, 9.17) is 16.3 Å². The first-order valence-electron chi connectivity index (χ1n) is 4.11. The first-order valence-corrected chi connectivity index (χ1v) is 4.65. The number of nitrogens with one attached hydrogen (secondary N) is 1. The van der Waals surface area contributed by atoms with Crippen LogP contribution in [0.4, 0.5) is 5.82 Å². The highest BCUT2D eigenvalue weighted by atomic mass is 35.5.